The maximum Gasteiger partial charge on any atom is 0.264 e. The van der Waals surface area contributed by atoms with Gasteiger partial charge in [0.1, 0.15) is 10.7 Å². The molecular weight excluding hydrogens is 586 g/mol. The second-order valence-electron chi connectivity index (χ2n) is 7.42. The molecule has 2 aromatic heterocycles. The average molecular weight is 607 g/mol. The second-order valence-corrected chi connectivity index (χ2v) is 10.8. The fourth-order valence-corrected chi connectivity index (χ4v) is 6.55. The number of aromatic nitrogens is 3. The normalized spacial score (nSPS) is 14.6. The van der Waals surface area contributed by atoms with Gasteiger partial charge in [-0.1, -0.05) is 23.2 Å². The molecule has 1 aromatic carbocycles. The van der Waals surface area contributed by atoms with Gasteiger partial charge in [-0.25, -0.2) is 16.3 Å². The van der Waals surface area contributed by atoms with E-state index in [1.54, 1.807) is 35.1 Å². The van der Waals surface area contributed by atoms with E-state index in [4.69, 9.17) is 23.2 Å². The SMILES string of the molecule is Cc1nn(I)c(C)c1NS(=O)(=O)c1c(Cl)cc(-c2ccnc(N3CCNCC3)c2)cc1Cl. The molecule has 2 N–H and O–H groups in total. The van der Waals surface area contributed by atoms with Crippen LogP contribution in [0.25, 0.3) is 11.1 Å². The fraction of sp³-hybridized carbons (Fsp3) is 0.300. The molecule has 0 saturated carbocycles. The molecule has 0 amide bonds. The van der Waals surface area contributed by atoms with Crippen LogP contribution >= 0.6 is 46.1 Å². The summed E-state index contributed by atoms with van der Waals surface area (Å²) in [4.78, 5) is 6.51. The minimum absolute atomic E-state index is 0.0395. The van der Waals surface area contributed by atoms with Gasteiger partial charge in [0, 0.05) is 32.4 Å². The lowest BCUT2D eigenvalue weighted by atomic mass is 10.1. The van der Waals surface area contributed by atoms with E-state index in [9.17, 15) is 8.42 Å². The molecule has 4 rings (SSSR count). The highest BCUT2D eigenvalue weighted by atomic mass is 127. The van der Waals surface area contributed by atoms with Crippen molar-refractivity contribution >= 4 is 67.6 Å². The summed E-state index contributed by atoms with van der Waals surface area (Å²) < 4.78 is 30.4. The Labute approximate surface area is 210 Å². The van der Waals surface area contributed by atoms with Crippen molar-refractivity contribution in [3.8, 4) is 11.1 Å². The number of hydrogen-bond donors (Lipinski definition) is 2. The molecule has 0 aliphatic carbocycles. The zero-order valence-electron chi connectivity index (χ0n) is 17.4. The van der Waals surface area contributed by atoms with Gasteiger partial charge in [-0.05, 0) is 49.2 Å². The highest BCUT2D eigenvalue weighted by Gasteiger charge is 2.26. The lowest BCUT2D eigenvalue weighted by molar-refractivity contribution is 0.585. The van der Waals surface area contributed by atoms with Gasteiger partial charge in [-0.15, -0.1) is 0 Å². The van der Waals surface area contributed by atoms with E-state index in [-0.39, 0.29) is 14.9 Å². The van der Waals surface area contributed by atoms with Crippen molar-refractivity contribution in [2.45, 2.75) is 18.7 Å². The molecule has 0 bridgehead atoms. The molecule has 0 unspecified atom stereocenters. The van der Waals surface area contributed by atoms with Gasteiger partial charge in [-0.3, -0.25) is 4.72 Å². The first-order valence-electron chi connectivity index (χ1n) is 9.83. The number of benzene rings is 1. The predicted octanol–water partition coefficient (Wildman–Crippen LogP) is 4.28. The number of nitrogens with one attached hydrogen (secondary N) is 2. The lowest BCUT2D eigenvalue weighted by Crippen LogP contribution is -2.43. The first-order valence-corrected chi connectivity index (χ1v) is 13.0. The molecule has 0 spiro atoms. The molecule has 8 nitrogen and oxygen atoms in total. The third-order valence-electron chi connectivity index (χ3n) is 5.26. The molecule has 12 heteroatoms. The highest BCUT2D eigenvalue weighted by Crippen LogP contribution is 2.37. The summed E-state index contributed by atoms with van der Waals surface area (Å²) >= 11 is 14.9. The summed E-state index contributed by atoms with van der Waals surface area (Å²) in [7, 11) is -4.03. The number of aryl methyl sites for hydroxylation is 1. The standard InChI is InChI=1S/C20H21Cl2IN6O2S/c1-12-19(13(2)29(23)26-12)27-32(30,31)20-16(21)9-15(10-17(20)22)14-3-4-25-18(11-14)28-7-5-24-6-8-28/h3-4,9-11,24,27H,5-8H2,1-2H3. The Bertz CT molecular complexity index is 1250. The van der Waals surface area contributed by atoms with Crippen molar-refractivity contribution in [1.29, 1.82) is 0 Å². The number of pyridine rings is 1. The van der Waals surface area contributed by atoms with Crippen LogP contribution in [0.15, 0.2) is 35.4 Å². The summed E-state index contributed by atoms with van der Waals surface area (Å²) in [6.07, 6.45) is 1.73. The van der Waals surface area contributed by atoms with Crippen LogP contribution in [0.4, 0.5) is 11.5 Å². The number of piperazine rings is 1. The highest BCUT2D eigenvalue weighted by molar-refractivity contribution is 14.1. The van der Waals surface area contributed by atoms with E-state index in [0.717, 1.165) is 37.6 Å². The average Bonchev–Trinajstić information content (AvgIpc) is 2.99. The molecule has 0 atom stereocenters. The van der Waals surface area contributed by atoms with Crippen molar-refractivity contribution < 1.29 is 8.42 Å². The van der Waals surface area contributed by atoms with Gasteiger partial charge < -0.3 is 10.2 Å². The van der Waals surface area contributed by atoms with Crippen LogP contribution in [0.2, 0.25) is 10.0 Å². The Balaban J connectivity index is 1.68. The van der Waals surface area contributed by atoms with Crippen molar-refractivity contribution in [3.05, 3.63) is 51.9 Å². The molecule has 0 radical (unpaired) electrons. The van der Waals surface area contributed by atoms with Crippen molar-refractivity contribution in [3.63, 3.8) is 0 Å². The van der Waals surface area contributed by atoms with E-state index < -0.39 is 10.0 Å². The van der Waals surface area contributed by atoms with Crippen LogP contribution in [-0.2, 0) is 10.0 Å². The maximum atomic E-state index is 13.1. The third-order valence-corrected chi connectivity index (χ3v) is 8.47. The molecule has 3 aromatic rings. The lowest BCUT2D eigenvalue weighted by Gasteiger charge is -2.28. The Kier molecular flexibility index (Phi) is 6.87. The second kappa shape index (κ2) is 9.34. The van der Waals surface area contributed by atoms with Crippen LogP contribution in [0.3, 0.4) is 0 Å². The Morgan fingerprint density at radius 3 is 2.34 bits per heavy atom. The molecule has 3 heterocycles. The monoisotopic (exact) mass is 606 g/mol. The van der Waals surface area contributed by atoms with Crippen molar-refractivity contribution in [2.24, 2.45) is 0 Å². The summed E-state index contributed by atoms with van der Waals surface area (Å²) in [5.41, 5.74) is 3.21. The summed E-state index contributed by atoms with van der Waals surface area (Å²) in [5, 5.41) is 7.63. The van der Waals surface area contributed by atoms with Gasteiger partial charge in [0.15, 0.2) is 0 Å². The van der Waals surface area contributed by atoms with Crippen LogP contribution < -0.4 is 14.9 Å². The van der Waals surface area contributed by atoms with Gasteiger partial charge in [0.25, 0.3) is 10.0 Å². The molecule has 1 aliphatic rings. The number of nitrogens with zero attached hydrogens (tertiary/aromatic N) is 4. The third kappa shape index (κ3) is 4.69. The Morgan fingerprint density at radius 1 is 1.09 bits per heavy atom. The Hall–Kier alpha value is -1.60. The van der Waals surface area contributed by atoms with E-state index in [0.29, 0.717) is 22.6 Å². The summed E-state index contributed by atoms with van der Waals surface area (Å²) in [6.45, 7) is 7.04. The molecular formula is C20H21Cl2IN6O2S. The van der Waals surface area contributed by atoms with E-state index in [2.05, 4.69) is 25.0 Å². The number of rotatable bonds is 5. The summed E-state index contributed by atoms with van der Waals surface area (Å²) in [5.74, 6) is 0.858. The van der Waals surface area contributed by atoms with Crippen molar-refractivity contribution in [1.82, 2.24) is 18.3 Å². The smallest absolute Gasteiger partial charge is 0.264 e. The molecule has 32 heavy (non-hydrogen) atoms. The number of hydrogen-bond acceptors (Lipinski definition) is 6. The first kappa shape index (κ1) is 23.6. The van der Waals surface area contributed by atoms with Crippen LogP contribution in [-0.4, -0.2) is 47.6 Å². The molecule has 170 valence electrons. The Morgan fingerprint density at radius 2 is 1.75 bits per heavy atom. The zero-order valence-corrected chi connectivity index (χ0v) is 21.8. The van der Waals surface area contributed by atoms with E-state index >= 15 is 0 Å². The quantitative estimate of drug-likeness (QED) is 0.421. The maximum absolute atomic E-state index is 13.1. The minimum Gasteiger partial charge on any atom is -0.354 e. The van der Waals surface area contributed by atoms with Crippen molar-refractivity contribution in [2.75, 3.05) is 35.8 Å². The predicted molar refractivity (Wildman–Crippen MR) is 137 cm³/mol. The molecule has 1 fully saturated rings. The van der Waals surface area contributed by atoms with E-state index in [1.165, 1.54) is 0 Å². The fourth-order valence-electron chi connectivity index (χ4n) is 3.59. The van der Waals surface area contributed by atoms with Crippen LogP contribution in [0, 0.1) is 13.8 Å². The summed E-state index contributed by atoms with van der Waals surface area (Å²) in [6, 6.07) is 7.03. The molecule has 1 saturated heterocycles. The first-order chi connectivity index (χ1) is 15.2. The van der Waals surface area contributed by atoms with Gasteiger partial charge in [0.05, 0.1) is 50.0 Å². The number of sulfonamides is 1. The zero-order chi connectivity index (χ0) is 23.0. The van der Waals surface area contributed by atoms with Gasteiger partial charge >= 0.3 is 0 Å². The van der Waals surface area contributed by atoms with Crippen LogP contribution in [0.1, 0.15) is 11.4 Å². The van der Waals surface area contributed by atoms with Gasteiger partial charge in [-0.2, -0.15) is 5.10 Å². The largest absolute Gasteiger partial charge is 0.354 e. The van der Waals surface area contributed by atoms with E-state index in [1.807, 2.05) is 35.0 Å². The number of halogens is 3. The van der Waals surface area contributed by atoms with Gasteiger partial charge in [0.2, 0.25) is 0 Å². The minimum atomic E-state index is -4.03. The topological polar surface area (TPSA) is 92.1 Å². The molecule has 1 aliphatic heterocycles. The van der Waals surface area contributed by atoms with Crippen LogP contribution in [0.5, 0.6) is 0 Å². The number of anilines is 2.